The quantitative estimate of drug-likeness (QED) is 0.361. The van der Waals surface area contributed by atoms with E-state index in [0.717, 1.165) is 0 Å². The van der Waals surface area contributed by atoms with Crippen molar-refractivity contribution in [2.75, 3.05) is 17.9 Å². The minimum atomic E-state index is -4.04. The van der Waals surface area contributed by atoms with Crippen LogP contribution in [0.5, 0.6) is 0 Å². The molecule has 210 valence electrons. The summed E-state index contributed by atoms with van der Waals surface area (Å²) in [7, 11) is -4.04. The maximum Gasteiger partial charge on any atom is 0.276 e. The monoisotopic (exact) mass is 556 g/mol. The van der Waals surface area contributed by atoms with Crippen molar-refractivity contribution in [2.45, 2.75) is 53.0 Å². The van der Waals surface area contributed by atoms with E-state index in [2.05, 4.69) is 26.9 Å². The van der Waals surface area contributed by atoms with Gasteiger partial charge < -0.3 is 20.1 Å². The number of aliphatic imine (C=N–C) groups is 1. The first-order valence-corrected chi connectivity index (χ1v) is 14.1. The van der Waals surface area contributed by atoms with Crippen LogP contribution in [0.25, 0.3) is 0 Å². The highest BCUT2D eigenvalue weighted by Gasteiger charge is 2.32. The standard InChI is InChI=1S/C27H36N6O5S/c1-18-12-22(25-30-19(2)20(3)33(25)16-28-17-34)24(31-39(37,38)14-21-10-8-7-9-11-21)26(36)32(18)13-23(35)29-15-27(4,5)6/h7-12,17,20,31H,2,13-16H2,1,3-6H3,(H,28,34)(H,29,35). The van der Waals surface area contributed by atoms with E-state index in [4.69, 9.17) is 0 Å². The van der Waals surface area contributed by atoms with Gasteiger partial charge in [0.15, 0.2) is 0 Å². The van der Waals surface area contributed by atoms with Gasteiger partial charge in [0.25, 0.3) is 5.56 Å². The molecule has 0 bridgehead atoms. The van der Waals surface area contributed by atoms with Gasteiger partial charge in [-0.3, -0.25) is 19.1 Å². The average Bonchev–Trinajstić information content (AvgIpc) is 3.13. The van der Waals surface area contributed by atoms with Crippen LogP contribution in [0.3, 0.4) is 0 Å². The second kappa shape index (κ2) is 11.9. The molecule has 39 heavy (non-hydrogen) atoms. The summed E-state index contributed by atoms with van der Waals surface area (Å²) in [5.74, 6) is -0.458. The molecule has 3 N–H and O–H groups in total. The maximum absolute atomic E-state index is 13.8. The molecule has 2 heterocycles. The second-order valence-electron chi connectivity index (χ2n) is 10.7. The Hall–Kier alpha value is -3.93. The van der Waals surface area contributed by atoms with Gasteiger partial charge in [0.05, 0.1) is 24.2 Å². The fourth-order valence-corrected chi connectivity index (χ4v) is 5.22. The van der Waals surface area contributed by atoms with Gasteiger partial charge in [-0.1, -0.05) is 57.7 Å². The first-order chi connectivity index (χ1) is 18.2. The number of hydrogen-bond donors (Lipinski definition) is 3. The number of aryl methyl sites for hydroxylation is 1. The molecule has 0 saturated carbocycles. The second-order valence-corrected chi connectivity index (χ2v) is 12.4. The lowest BCUT2D eigenvalue weighted by atomic mass is 9.97. The van der Waals surface area contributed by atoms with E-state index < -0.39 is 15.6 Å². The Morgan fingerprint density at radius 3 is 2.49 bits per heavy atom. The Labute approximate surface area is 229 Å². The summed E-state index contributed by atoms with van der Waals surface area (Å²) >= 11 is 0. The molecule has 1 aliphatic heterocycles. The lowest BCUT2D eigenvalue weighted by molar-refractivity contribution is -0.122. The highest BCUT2D eigenvalue weighted by atomic mass is 32.2. The molecular formula is C27H36N6O5S. The first-order valence-electron chi connectivity index (χ1n) is 12.5. The van der Waals surface area contributed by atoms with E-state index >= 15 is 0 Å². The molecule has 0 aliphatic carbocycles. The van der Waals surface area contributed by atoms with Crippen LogP contribution in [-0.2, 0) is 31.9 Å². The number of carbonyl (C=O) groups is 2. The summed E-state index contributed by atoms with van der Waals surface area (Å²) in [5, 5.41) is 5.40. The number of benzene rings is 1. The summed E-state index contributed by atoms with van der Waals surface area (Å²) in [5.41, 5.74) is 0.593. The number of anilines is 1. The number of rotatable bonds is 11. The number of carbonyl (C=O) groups excluding carboxylic acids is 2. The van der Waals surface area contributed by atoms with Crippen molar-refractivity contribution >= 4 is 33.9 Å². The Morgan fingerprint density at radius 2 is 1.87 bits per heavy atom. The third kappa shape index (κ3) is 7.56. The van der Waals surface area contributed by atoms with E-state index in [9.17, 15) is 22.8 Å². The van der Waals surface area contributed by atoms with Gasteiger partial charge in [-0.05, 0) is 30.9 Å². The fraction of sp³-hybridized carbons (Fsp3) is 0.407. The first kappa shape index (κ1) is 29.6. The van der Waals surface area contributed by atoms with Crippen molar-refractivity contribution in [1.82, 2.24) is 20.1 Å². The number of amides is 2. The van der Waals surface area contributed by atoms with Crippen LogP contribution in [-0.4, -0.2) is 55.3 Å². The zero-order chi connectivity index (χ0) is 29.0. The predicted molar refractivity (Wildman–Crippen MR) is 152 cm³/mol. The molecule has 1 aliphatic rings. The highest BCUT2D eigenvalue weighted by Crippen LogP contribution is 2.27. The van der Waals surface area contributed by atoms with Gasteiger partial charge >= 0.3 is 0 Å². The lowest BCUT2D eigenvalue weighted by Gasteiger charge is -2.26. The number of hydrogen-bond acceptors (Lipinski definition) is 7. The maximum atomic E-state index is 13.8. The molecule has 1 unspecified atom stereocenters. The zero-order valence-electron chi connectivity index (χ0n) is 22.9. The summed E-state index contributed by atoms with van der Waals surface area (Å²) in [4.78, 5) is 43.7. The normalized spacial score (nSPS) is 15.6. The van der Waals surface area contributed by atoms with E-state index in [1.54, 1.807) is 48.2 Å². The van der Waals surface area contributed by atoms with E-state index in [-0.39, 0.29) is 53.4 Å². The summed E-state index contributed by atoms with van der Waals surface area (Å²) in [6.07, 6.45) is 0.536. The summed E-state index contributed by atoms with van der Waals surface area (Å²) in [6.45, 7) is 13.5. The molecular weight excluding hydrogens is 520 g/mol. The third-order valence-electron chi connectivity index (χ3n) is 6.14. The van der Waals surface area contributed by atoms with Crippen LogP contribution >= 0.6 is 0 Å². The van der Waals surface area contributed by atoms with Gasteiger partial charge in [0.1, 0.15) is 18.1 Å². The molecule has 3 rings (SSSR count). The van der Waals surface area contributed by atoms with Gasteiger partial charge in [-0.15, -0.1) is 0 Å². The molecule has 0 fully saturated rings. The van der Waals surface area contributed by atoms with Gasteiger partial charge in [-0.2, -0.15) is 0 Å². The molecule has 2 aromatic rings. The number of sulfonamides is 1. The number of aromatic nitrogens is 1. The van der Waals surface area contributed by atoms with E-state index in [1.807, 2.05) is 27.7 Å². The predicted octanol–water partition coefficient (Wildman–Crippen LogP) is 1.93. The minimum absolute atomic E-state index is 0.0655. The highest BCUT2D eigenvalue weighted by molar-refractivity contribution is 7.91. The smallest absolute Gasteiger partial charge is 0.276 e. The number of amidine groups is 1. The van der Waals surface area contributed by atoms with Gasteiger partial charge in [0.2, 0.25) is 22.3 Å². The van der Waals surface area contributed by atoms with Crippen molar-refractivity contribution in [3.8, 4) is 0 Å². The largest absolute Gasteiger partial charge is 0.354 e. The fourth-order valence-electron chi connectivity index (χ4n) is 4.01. The van der Waals surface area contributed by atoms with E-state index in [1.165, 1.54) is 4.57 Å². The van der Waals surface area contributed by atoms with Crippen LogP contribution in [0.2, 0.25) is 0 Å². The molecule has 1 atom stereocenters. The molecule has 0 saturated heterocycles. The number of pyridine rings is 1. The van der Waals surface area contributed by atoms with Crippen molar-refractivity contribution in [1.29, 1.82) is 0 Å². The number of nitrogens with one attached hydrogen (secondary N) is 3. The van der Waals surface area contributed by atoms with Gasteiger partial charge in [-0.25, -0.2) is 13.4 Å². The SMILES string of the molecule is C=C1N=C(c2cc(C)n(CC(=O)NCC(C)(C)C)c(=O)c2NS(=O)(=O)Cc2ccccc2)N(CNC=O)C1C. The summed E-state index contributed by atoms with van der Waals surface area (Å²) < 4.78 is 30.2. The van der Waals surface area contributed by atoms with E-state index in [0.29, 0.717) is 29.9 Å². The molecule has 2 amide bonds. The van der Waals surface area contributed by atoms with Crippen LogP contribution in [0.15, 0.2) is 58.5 Å². The topological polar surface area (TPSA) is 142 Å². The minimum Gasteiger partial charge on any atom is -0.354 e. The molecule has 0 radical (unpaired) electrons. The Morgan fingerprint density at radius 1 is 1.21 bits per heavy atom. The van der Waals surface area contributed by atoms with Crippen LogP contribution in [0, 0.1) is 12.3 Å². The van der Waals surface area contributed by atoms with Crippen molar-refractivity contribution in [2.24, 2.45) is 10.4 Å². The zero-order valence-corrected chi connectivity index (χ0v) is 23.8. The van der Waals surface area contributed by atoms with Crippen LogP contribution < -0.4 is 20.9 Å². The van der Waals surface area contributed by atoms with Gasteiger partial charge in [0, 0.05) is 17.8 Å². The molecule has 1 aromatic carbocycles. The average molecular weight is 557 g/mol. The lowest BCUT2D eigenvalue weighted by Crippen LogP contribution is -2.43. The molecule has 11 nitrogen and oxygen atoms in total. The van der Waals surface area contributed by atoms with Crippen molar-refractivity contribution in [3.05, 3.63) is 75.8 Å². The Balaban J connectivity index is 2.10. The number of nitrogens with zero attached hydrogens (tertiary/aromatic N) is 3. The van der Waals surface area contributed by atoms with Crippen molar-refractivity contribution < 1.29 is 18.0 Å². The molecule has 1 aromatic heterocycles. The third-order valence-corrected chi connectivity index (χ3v) is 7.37. The van der Waals surface area contributed by atoms with Crippen LogP contribution in [0.4, 0.5) is 5.69 Å². The van der Waals surface area contributed by atoms with Crippen LogP contribution in [0.1, 0.15) is 44.5 Å². The Bertz CT molecular complexity index is 1440. The van der Waals surface area contributed by atoms with Crippen molar-refractivity contribution in [3.63, 3.8) is 0 Å². The summed E-state index contributed by atoms with van der Waals surface area (Å²) in [6, 6.07) is 9.87. The molecule has 12 heteroatoms. The Kier molecular flexibility index (Phi) is 9.00. The molecule has 0 spiro atoms.